The number of imide groups is 2. The molecule has 0 radical (unpaired) electrons. The Morgan fingerprint density at radius 2 is 1.03 bits per heavy atom. The summed E-state index contributed by atoms with van der Waals surface area (Å²) in [7, 11) is -10.1. The fourth-order valence-corrected chi connectivity index (χ4v) is 3.78. The second-order valence-corrected chi connectivity index (χ2v) is 9.38. The van der Waals surface area contributed by atoms with Gasteiger partial charge in [-0.3, -0.25) is 28.3 Å². The van der Waals surface area contributed by atoms with Crippen molar-refractivity contribution in [1.29, 1.82) is 0 Å². The molecule has 0 bridgehead atoms. The van der Waals surface area contributed by atoms with Crippen LogP contribution in [0.25, 0.3) is 0 Å². The van der Waals surface area contributed by atoms with Gasteiger partial charge in [-0.2, -0.15) is 16.8 Å². The summed E-state index contributed by atoms with van der Waals surface area (Å²) < 4.78 is 61.7. The molecule has 0 aromatic carbocycles. The van der Waals surface area contributed by atoms with E-state index in [1.165, 1.54) is 0 Å². The first-order chi connectivity index (χ1) is 14.5. The SMILES string of the molecule is O=C(ON1C(=O)C[C@H](S(=O)(=O)O)C1=O)[C@H](O)[C@@H](O)C(=O)ON1C(=O)C[C@H](S(=O)(=O)O)C1=O. The molecule has 0 unspecified atom stereocenters. The second-order valence-electron chi connectivity index (χ2n) is 6.18. The van der Waals surface area contributed by atoms with E-state index in [-0.39, 0.29) is 0 Å². The highest BCUT2D eigenvalue weighted by Gasteiger charge is 2.51. The number of hydroxylamine groups is 4. The summed E-state index contributed by atoms with van der Waals surface area (Å²) in [5, 5.41) is 13.8. The van der Waals surface area contributed by atoms with Gasteiger partial charge in [-0.05, 0) is 0 Å². The molecular weight excluding hydrogens is 492 g/mol. The van der Waals surface area contributed by atoms with Crippen LogP contribution >= 0.6 is 0 Å². The average molecular weight is 504 g/mol. The molecule has 18 nitrogen and oxygen atoms in total. The molecule has 0 aliphatic carbocycles. The zero-order chi connectivity index (χ0) is 24.8. The van der Waals surface area contributed by atoms with Crippen molar-refractivity contribution < 1.29 is 74.6 Å². The van der Waals surface area contributed by atoms with E-state index in [2.05, 4.69) is 9.68 Å². The van der Waals surface area contributed by atoms with Crippen LogP contribution in [0.3, 0.4) is 0 Å². The summed E-state index contributed by atoms with van der Waals surface area (Å²) >= 11 is 0. The molecule has 0 spiro atoms. The van der Waals surface area contributed by atoms with Crippen molar-refractivity contribution in [3.63, 3.8) is 0 Å². The standard InChI is InChI=1S/C12H12N2O16S2/c15-5-1-3(31(23,24)25)9(19)13(5)29-11(21)7(17)8(18)12(22)30-14-6(16)2-4(10(14)20)32(26,27)28/h3-4,7-8,17-18H,1-2H2,(H,23,24,25)(H,26,27,28)/t3-,4-,7+,8+/m0/s1. The molecule has 4 N–H and O–H groups in total. The Bertz CT molecular complexity index is 1020. The normalized spacial score (nSPS) is 24.0. The number of carbonyl (C=O) groups is 6. The van der Waals surface area contributed by atoms with Gasteiger partial charge in [-0.25, -0.2) is 9.59 Å². The Labute approximate surface area is 176 Å². The molecule has 178 valence electrons. The largest absolute Gasteiger partial charge is 0.379 e. The van der Waals surface area contributed by atoms with Gasteiger partial charge in [0, 0.05) is 0 Å². The van der Waals surface area contributed by atoms with Crippen molar-refractivity contribution in [3.8, 4) is 0 Å². The van der Waals surface area contributed by atoms with Crippen molar-refractivity contribution in [2.75, 3.05) is 0 Å². The molecule has 2 rings (SSSR count). The Morgan fingerprint density at radius 3 is 1.25 bits per heavy atom. The van der Waals surface area contributed by atoms with Crippen LogP contribution in [-0.4, -0.2) is 105 Å². The van der Waals surface area contributed by atoms with E-state index in [1.54, 1.807) is 0 Å². The van der Waals surface area contributed by atoms with Gasteiger partial charge in [0.1, 0.15) is 0 Å². The first-order valence-corrected chi connectivity index (χ1v) is 10.9. The molecular formula is C12H12N2O16S2. The Balaban J connectivity index is 2.05. The predicted octanol–water partition coefficient (Wildman–Crippen LogP) is -5.34. The molecule has 4 amide bonds. The van der Waals surface area contributed by atoms with Gasteiger partial charge in [0.15, 0.2) is 22.7 Å². The molecule has 0 aromatic heterocycles. The third kappa shape index (κ3) is 4.89. The average Bonchev–Trinajstić information content (AvgIpc) is 3.11. The number of hydrogen-bond donors (Lipinski definition) is 4. The van der Waals surface area contributed by atoms with Crippen LogP contribution in [0, 0.1) is 0 Å². The van der Waals surface area contributed by atoms with E-state index in [0.717, 1.165) is 0 Å². The summed E-state index contributed by atoms with van der Waals surface area (Å²) in [6.07, 6.45) is -8.12. The third-order valence-electron chi connectivity index (χ3n) is 3.99. The van der Waals surface area contributed by atoms with Crippen LogP contribution in [0.15, 0.2) is 0 Å². The number of amides is 4. The van der Waals surface area contributed by atoms with E-state index in [9.17, 15) is 55.8 Å². The van der Waals surface area contributed by atoms with Crippen LogP contribution < -0.4 is 0 Å². The van der Waals surface area contributed by atoms with Gasteiger partial charge in [-0.15, -0.1) is 10.1 Å². The Kier molecular flexibility index (Phi) is 6.68. The van der Waals surface area contributed by atoms with Gasteiger partial charge in [0.25, 0.3) is 43.9 Å². The molecule has 2 fully saturated rings. The molecule has 2 saturated heterocycles. The fourth-order valence-electron chi connectivity index (χ4n) is 2.37. The van der Waals surface area contributed by atoms with Gasteiger partial charge in [-0.1, -0.05) is 0 Å². The van der Waals surface area contributed by atoms with Crippen LogP contribution in [0.1, 0.15) is 12.8 Å². The minimum Gasteiger partial charge on any atom is -0.379 e. The first kappa shape index (κ1) is 25.2. The maximum atomic E-state index is 11.8. The smallest absolute Gasteiger partial charge is 0.364 e. The van der Waals surface area contributed by atoms with Crippen LogP contribution in [-0.2, 0) is 58.7 Å². The minimum absolute atomic E-state index is 0.452. The molecule has 4 atom stereocenters. The fraction of sp³-hybridized carbons (Fsp3) is 0.500. The van der Waals surface area contributed by atoms with Crippen molar-refractivity contribution in [2.45, 2.75) is 35.5 Å². The third-order valence-corrected chi connectivity index (χ3v) is 6.16. The van der Waals surface area contributed by atoms with Crippen LogP contribution in [0.4, 0.5) is 0 Å². The van der Waals surface area contributed by atoms with Crippen molar-refractivity contribution in [1.82, 2.24) is 10.1 Å². The number of carbonyl (C=O) groups excluding carboxylic acids is 6. The van der Waals surface area contributed by atoms with Crippen molar-refractivity contribution >= 4 is 55.8 Å². The second kappa shape index (κ2) is 8.48. The summed E-state index contributed by atoms with van der Waals surface area (Å²) in [6.45, 7) is 0. The molecule has 2 aliphatic heterocycles. The van der Waals surface area contributed by atoms with Crippen molar-refractivity contribution in [2.24, 2.45) is 0 Å². The van der Waals surface area contributed by atoms with Gasteiger partial charge < -0.3 is 19.9 Å². The lowest BCUT2D eigenvalue weighted by Gasteiger charge is -2.20. The molecule has 2 heterocycles. The number of nitrogens with zero attached hydrogens (tertiary/aromatic N) is 2. The Morgan fingerprint density at radius 1 is 0.750 bits per heavy atom. The van der Waals surface area contributed by atoms with Gasteiger partial charge >= 0.3 is 11.9 Å². The highest BCUT2D eigenvalue weighted by atomic mass is 32.2. The molecule has 20 heteroatoms. The van der Waals surface area contributed by atoms with Crippen molar-refractivity contribution in [3.05, 3.63) is 0 Å². The summed E-state index contributed by atoms with van der Waals surface area (Å²) in [5.41, 5.74) is 0. The van der Waals surface area contributed by atoms with E-state index in [1.807, 2.05) is 0 Å². The van der Waals surface area contributed by atoms with Crippen LogP contribution in [0.5, 0.6) is 0 Å². The number of rotatable bonds is 7. The minimum atomic E-state index is -5.06. The molecule has 0 saturated carbocycles. The number of aliphatic hydroxyl groups is 2. The highest BCUT2D eigenvalue weighted by molar-refractivity contribution is 7.87. The lowest BCUT2D eigenvalue weighted by molar-refractivity contribution is -0.216. The van der Waals surface area contributed by atoms with E-state index >= 15 is 0 Å². The topological polar surface area (TPSA) is 277 Å². The predicted molar refractivity (Wildman–Crippen MR) is 87.8 cm³/mol. The van der Waals surface area contributed by atoms with Crippen LogP contribution in [0.2, 0.25) is 0 Å². The summed E-state index contributed by atoms with van der Waals surface area (Å²) in [5.74, 6) is -10.5. The highest BCUT2D eigenvalue weighted by Crippen LogP contribution is 2.22. The number of aliphatic hydroxyl groups excluding tert-OH is 2. The van der Waals surface area contributed by atoms with Gasteiger partial charge in [0.2, 0.25) is 0 Å². The van der Waals surface area contributed by atoms with E-state index in [0.29, 0.717) is 0 Å². The zero-order valence-electron chi connectivity index (χ0n) is 15.1. The molecule has 0 aromatic rings. The lowest BCUT2D eigenvalue weighted by atomic mass is 10.2. The number of hydrogen-bond acceptors (Lipinski definition) is 14. The van der Waals surface area contributed by atoms with Gasteiger partial charge in [0.05, 0.1) is 12.8 Å². The molecule has 2 aliphatic rings. The monoisotopic (exact) mass is 504 g/mol. The van der Waals surface area contributed by atoms with E-state index < -0.39 is 101 Å². The molecule has 32 heavy (non-hydrogen) atoms. The van der Waals surface area contributed by atoms with E-state index in [4.69, 9.17) is 9.11 Å². The Hall–Kier alpha value is -3.04. The summed E-state index contributed by atoms with van der Waals surface area (Å²) in [4.78, 5) is 78.4. The lowest BCUT2D eigenvalue weighted by Crippen LogP contribution is -2.48. The first-order valence-electron chi connectivity index (χ1n) is 7.92. The maximum Gasteiger partial charge on any atom is 0.364 e. The zero-order valence-corrected chi connectivity index (χ0v) is 16.8. The maximum absolute atomic E-state index is 11.8. The quantitative estimate of drug-likeness (QED) is 0.186. The summed E-state index contributed by atoms with van der Waals surface area (Å²) in [6, 6.07) is 0.